The van der Waals surface area contributed by atoms with Crippen LogP contribution in [0.2, 0.25) is 0 Å². The lowest BCUT2D eigenvalue weighted by molar-refractivity contribution is -0.111. The van der Waals surface area contributed by atoms with Crippen molar-refractivity contribution in [2.45, 2.75) is 46.5 Å². The number of carbonyl (C=O) groups excluding carboxylic acids is 1. The van der Waals surface area contributed by atoms with Gasteiger partial charge in [0.15, 0.2) is 5.12 Å². The maximum Gasteiger partial charge on any atom is 0.189 e. The SMILES string of the molecule is CCC[C@@H](CC)CC(=O)SCC. The standard InChI is InChI=1S/C10H20OS/c1-4-7-9(5-2)8-10(11)12-6-3/h9H,4-8H2,1-3H3/t9-/m1/s1. The fourth-order valence-corrected chi connectivity index (χ4v) is 1.99. The van der Waals surface area contributed by atoms with E-state index in [1.165, 1.54) is 24.6 Å². The van der Waals surface area contributed by atoms with Crippen LogP contribution in [0, 0.1) is 5.92 Å². The Morgan fingerprint density at radius 2 is 2.00 bits per heavy atom. The van der Waals surface area contributed by atoms with E-state index >= 15 is 0 Å². The summed E-state index contributed by atoms with van der Waals surface area (Å²) in [6, 6.07) is 0. The number of hydrogen-bond donors (Lipinski definition) is 0. The number of thioether (sulfide) groups is 1. The Morgan fingerprint density at radius 3 is 2.42 bits per heavy atom. The van der Waals surface area contributed by atoms with E-state index < -0.39 is 0 Å². The van der Waals surface area contributed by atoms with Crippen LogP contribution in [-0.2, 0) is 4.79 Å². The van der Waals surface area contributed by atoms with Crippen LogP contribution >= 0.6 is 11.8 Å². The Kier molecular flexibility index (Phi) is 7.67. The normalized spacial score (nSPS) is 12.9. The predicted octanol–water partition coefficient (Wildman–Crippen LogP) is 3.48. The molecule has 0 radical (unpaired) electrons. The minimum absolute atomic E-state index is 0.373. The van der Waals surface area contributed by atoms with Gasteiger partial charge in [-0.1, -0.05) is 51.8 Å². The Bertz CT molecular complexity index is 123. The van der Waals surface area contributed by atoms with Crippen LogP contribution in [0.5, 0.6) is 0 Å². The lowest BCUT2D eigenvalue weighted by atomic mass is 9.98. The molecule has 1 atom stereocenters. The Morgan fingerprint density at radius 1 is 1.33 bits per heavy atom. The molecule has 0 saturated carbocycles. The zero-order chi connectivity index (χ0) is 9.40. The smallest absolute Gasteiger partial charge is 0.189 e. The van der Waals surface area contributed by atoms with Crippen LogP contribution in [0.3, 0.4) is 0 Å². The Hall–Kier alpha value is 0.0200. The summed E-state index contributed by atoms with van der Waals surface area (Å²) in [4.78, 5) is 11.3. The van der Waals surface area contributed by atoms with Crippen LogP contribution in [-0.4, -0.2) is 10.9 Å². The summed E-state index contributed by atoms with van der Waals surface area (Å²) < 4.78 is 0. The fourth-order valence-electron chi connectivity index (χ4n) is 1.31. The highest BCUT2D eigenvalue weighted by Crippen LogP contribution is 2.19. The summed E-state index contributed by atoms with van der Waals surface area (Å²) in [7, 11) is 0. The lowest BCUT2D eigenvalue weighted by Crippen LogP contribution is -2.04. The van der Waals surface area contributed by atoms with Crippen molar-refractivity contribution in [3.8, 4) is 0 Å². The second kappa shape index (κ2) is 7.66. The molecule has 2 heteroatoms. The summed E-state index contributed by atoms with van der Waals surface area (Å²) in [5, 5.41) is 0.373. The molecule has 0 aliphatic rings. The first kappa shape index (κ1) is 12.0. The molecule has 0 aromatic rings. The average Bonchev–Trinajstić information content (AvgIpc) is 2.04. The fraction of sp³-hybridized carbons (Fsp3) is 0.900. The van der Waals surface area contributed by atoms with Crippen molar-refractivity contribution in [2.75, 3.05) is 5.75 Å². The molecule has 0 heterocycles. The zero-order valence-corrected chi connectivity index (χ0v) is 9.25. The molecule has 0 fully saturated rings. The molecule has 0 unspecified atom stereocenters. The third-order valence-corrected chi connectivity index (χ3v) is 2.81. The van der Waals surface area contributed by atoms with Gasteiger partial charge in [-0.15, -0.1) is 0 Å². The van der Waals surface area contributed by atoms with Gasteiger partial charge in [0.25, 0.3) is 0 Å². The molecular weight excluding hydrogens is 168 g/mol. The molecule has 0 aliphatic carbocycles. The van der Waals surface area contributed by atoms with Crippen molar-refractivity contribution in [1.29, 1.82) is 0 Å². The number of hydrogen-bond acceptors (Lipinski definition) is 2. The molecule has 0 saturated heterocycles. The first-order valence-electron chi connectivity index (χ1n) is 4.90. The predicted molar refractivity (Wildman–Crippen MR) is 56.4 cm³/mol. The Balaban J connectivity index is 3.61. The van der Waals surface area contributed by atoms with Gasteiger partial charge in [-0.2, -0.15) is 0 Å². The van der Waals surface area contributed by atoms with Crippen molar-refractivity contribution >= 4 is 16.9 Å². The monoisotopic (exact) mass is 188 g/mol. The maximum atomic E-state index is 11.3. The highest BCUT2D eigenvalue weighted by Gasteiger charge is 2.10. The minimum atomic E-state index is 0.373. The Labute approximate surface area is 80.3 Å². The first-order valence-corrected chi connectivity index (χ1v) is 5.88. The minimum Gasteiger partial charge on any atom is -0.287 e. The second-order valence-corrected chi connectivity index (χ2v) is 4.39. The molecule has 0 N–H and O–H groups in total. The average molecular weight is 188 g/mol. The molecule has 12 heavy (non-hydrogen) atoms. The summed E-state index contributed by atoms with van der Waals surface area (Å²) in [5.74, 6) is 1.54. The number of rotatable bonds is 6. The van der Waals surface area contributed by atoms with Crippen molar-refractivity contribution in [3.05, 3.63) is 0 Å². The summed E-state index contributed by atoms with van der Waals surface area (Å²) >= 11 is 1.46. The van der Waals surface area contributed by atoms with E-state index in [4.69, 9.17) is 0 Å². The third kappa shape index (κ3) is 5.64. The second-order valence-electron chi connectivity index (χ2n) is 3.07. The van der Waals surface area contributed by atoms with Crippen molar-refractivity contribution < 1.29 is 4.79 Å². The van der Waals surface area contributed by atoms with E-state index in [1.54, 1.807) is 0 Å². The first-order chi connectivity index (χ1) is 5.74. The van der Waals surface area contributed by atoms with E-state index in [0.29, 0.717) is 11.0 Å². The van der Waals surface area contributed by atoms with Gasteiger partial charge in [0, 0.05) is 6.42 Å². The van der Waals surface area contributed by atoms with Gasteiger partial charge in [-0.25, -0.2) is 0 Å². The van der Waals surface area contributed by atoms with Gasteiger partial charge < -0.3 is 0 Å². The van der Waals surface area contributed by atoms with Crippen molar-refractivity contribution in [1.82, 2.24) is 0 Å². The van der Waals surface area contributed by atoms with Crippen molar-refractivity contribution in [2.24, 2.45) is 5.92 Å². The van der Waals surface area contributed by atoms with Gasteiger partial charge in [-0.3, -0.25) is 4.79 Å². The van der Waals surface area contributed by atoms with E-state index in [2.05, 4.69) is 13.8 Å². The van der Waals surface area contributed by atoms with Crippen LogP contribution in [0.1, 0.15) is 46.5 Å². The molecule has 1 nitrogen and oxygen atoms in total. The van der Waals surface area contributed by atoms with Crippen LogP contribution < -0.4 is 0 Å². The van der Waals surface area contributed by atoms with E-state index in [-0.39, 0.29) is 0 Å². The van der Waals surface area contributed by atoms with Gasteiger partial charge in [0.2, 0.25) is 0 Å². The highest BCUT2D eigenvalue weighted by molar-refractivity contribution is 8.13. The lowest BCUT2D eigenvalue weighted by Gasteiger charge is -2.11. The molecule has 0 aliphatic heterocycles. The number of carbonyl (C=O) groups is 1. The molecule has 0 aromatic carbocycles. The topological polar surface area (TPSA) is 17.1 Å². The van der Waals surface area contributed by atoms with Gasteiger partial charge in [-0.05, 0) is 11.7 Å². The third-order valence-electron chi connectivity index (χ3n) is 2.03. The van der Waals surface area contributed by atoms with Gasteiger partial charge in [0.1, 0.15) is 0 Å². The summed E-state index contributed by atoms with van der Waals surface area (Å²) in [5.41, 5.74) is 0. The quantitative estimate of drug-likeness (QED) is 0.635. The molecular formula is C10H20OS. The largest absolute Gasteiger partial charge is 0.287 e. The molecule has 0 aromatic heterocycles. The van der Waals surface area contributed by atoms with Crippen LogP contribution in [0.15, 0.2) is 0 Å². The molecule has 0 bridgehead atoms. The van der Waals surface area contributed by atoms with Gasteiger partial charge in [0.05, 0.1) is 0 Å². The van der Waals surface area contributed by atoms with Crippen molar-refractivity contribution in [3.63, 3.8) is 0 Å². The maximum absolute atomic E-state index is 11.3. The van der Waals surface area contributed by atoms with E-state index in [9.17, 15) is 4.79 Å². The highest BCUT2D eigenvalue weighted by atomic mass is 32.2. The summed E-state index contributed by atoms with van der Waals surface area (Å²) in [6.45, 7) is 6.38. The molecule has 0 spiro atoms. The summed E-state index contributed by atoms with van der Waals surface area (Å²) in [6.07, 6.45) is 4.32. The molecule has 0 rings (SSSR count). The van der Waals surface area contributed by atoms with Gasteiger partial charge >= 0.3 is 0 Å². The van der Waals surface area contributed by atoms with Crippen LogP contribution in [0.25, 0.3) is 0 Å². The van der Waals surface area contributed by atoms with E-state index in [1.807, 2.05) is 6.92 Å². The molecule has 0 amide bonds. The molecule has 72 valence electrons. The van der Waals surface area contributed by atoms with E-state index in [0.717, 1.165) is 18.6 Å². The zero-order valence-electron chi connectivity index (χ0n) is 8.43. The van der Waals surface area contributed by atoms with Crippen LogP contribution in [0.4, 0.5) is 0 Å².